The number of aromatic hydroxyl groups is 1. The van der Waals surface area contributed by atoms with Crippen LogP contribution in [0.15, 0.2) is 30.9 Å². The molecule has 1 saturated heterocycles. The Kier molecular flexibility index (Phi) is 3.16. The summed E-state index contributed by atoms with van der Waals surface area (Å²) in [6.07, 6.45) is 9.97. The number of phenols is 1. The molecule has 2 unspecified atom stereocenters. The minimum Gasteiger partial charge on any atom is -0.508 e. The van der Waals surface area contributed by atoms with E-state index in [0.717, 1.165) is 23.0 Å². The average Bonchev–Trinajstić information content (AvgIpc) is 2.52. The van der Waals surface area contributed by atoms with E-state index in [1.54, 1.807) is 0 Å². The van der Waals surface area contributed by atoms with E-state index in [9.17, 15) is 5.11 Å². The SMILES string of the molecule is C=CC[N@+]1(C)CC[C@@]23CCCCC2C1Cc1ccc(O)cc13. The predicted molar refractivity (Wildman–Crippen MR) is 90.0 cm³/mol. The maximum Gasteiger partial charge on any atom is 0.115 e. The van der Waals surface area contributed by atoms with E-state index in [0.29, 0.717) is 11.2 Å². The maximum absolute atomic E-state index is 10.0. The van der Waals surface area contributed by atoms with Gasteiger partial charge < -0.3 is 9.59 Å². The van der Waals surface area contributed by atoms with Gasteiger partial charge in [0, 0.05) is 24.2 Å². The van der Waals surface area contributed by atoms with Crippen molar-refractivity contribution in [2.24, 2.45) is 5.92 Å². The Morgan fingerprint density at radius 1 is 1.36 bits per heavy atom. The molecule has 3 aliphatic rings. The second-order valence-corrected chi connectivity index (χ2v) is 8.05. The number of fused-ring (bicyclic) bond motifs is 1. The van der Waals surface area contributed by atoms with Crippen molar-refractivity contribution in [3.05, 3.63) is 42.0 Å². The number of nitrogens with zero attached hydrogens (tertiary/aromatic N) is 1. The largest absolute Gasteiger partial charge is 0.508 e. The third-order valence-electron chi connectivity index (χ3n) is 7.04. The van der Waals surface area contributed by atoms with Crippen molar-refractivity contribution in [2.75, 3.05) is 20.1 Å². The van der Waals surface area contributed by atoms with Crippen molar-refractivity contribution >= 4 is 0 Å². The third kappa shape index (κ3) is 1.83. The summed E-state index contributed by atoms with van der Waals surface area (Å²) < 4.78 is 1.16. The van der Waals surface area contributed by atoms with Crippen molar-refractivity contribution in [2.45, 2.75) is 50.0 Å². The highest BCUT2D eigenvalue weighted by molar-refractivity contribution is 5.44. The fraction of sp³-hybridized carbons (Fsp3) is 0.600. The van der Waals surface area contributed by atoms with E-state index in [-0.39, 0.29) is 0 Å². The van der Waals surface area contributed by atoms with Gasteiger partial charge in [0.1, 0.15) is 5.75 Å². The molecule has 1 heterocycles. The molecule has 2 fully saturated rings. The van der Waals surface area contributed by atoms with E-state index in [1.165, 1.54) is 56.2 Å². The monoisotopic (exact) mass is 298 g/mol. The van der Waals surface area contributed by atoms with Crippen LogP contribution in [0.1, 0.15) is 43.2 Å². The lowest BCUT2D eigenvalue weighted by Gasteiger charge is -2.61. The molecular weight excluding hydrogens is 270 g/mol. The van der Waals surface area contributed by atoms with Gasteiger partial charge in [0.25, 0.3) is 0 Å². The zero-order chi connectivity index (χ0) is 15.4. The summed E-state index contributed by atoms with van der Waals surface area (Å²) in [5.74, 6) is 1.24. The van der Waals surface area contributed by atoms with E-state index in [1.807, 2.05) is 6.07 Å². The van der Waals surface area contributed by atoms with Crippen molar-refractivity contribution in [3.8, 4) is 5.75 Å². The van der Waals surface area contributed by atoms with Gasteiger partial charge in [0.05, 0.1) is 26.2 Å². The van der Waals surface area contributed by atoms with Gasteiger partial charge in [-0.2, -0.15) is 0 Å². The normalized spacial score (nSPS) is 39.7. The predicted octanol–water partition coefficient (Wildman–Crippen LogP) is 3.78. The quantitative estimate of drug-likeness (QED) is 0.651. The van der Waals surface area contributed by atoms with Gasteiger partial charge in [-0.15, -0.1) is 0 Å². The van der Waals surface area contributed by atoms with Crippen LogP contribution in [0.5, 0.6) is 5.75 Å². The number of rotatable bonds is 2. The lowest BCUT2D eigenvalue weighted by Crippen LogP contribution is -2.68. The van der Waals surface area contributed by atoms with Crippen LogP contribution >= 0.6 is 0 Å². The van der Waals surface area contributed by atoms with Gasteiger partial charge in [-0.25, -0.2) is 0 Å². The van der Waals surface area contributed by atoms with Crippen LogP contribution in [-0.4, -0.2) is 35.8 Å². The Morgan fingerprint density at radius 3 is 3.05 bits per heavy atom. The van der Waals surface area contributed by atoms with Gasteiger partial charge in [-0.3, -0.25) is 0 Å². The zero-order valence-electron chi connectivity index (χ0n) is 13.7. The molecule has 1 aliphatic heterocycles. The Bertz CT molecular complexity index is 610. The third-order valence-corrected chi connectivity index (χ3v) is 7.04. The average molecular weight is 298 g/mol. The molecule has 22 heavy (non-hydrogen) atoms. The highest BCUT2D eigenvalue weighted by atomic mass is 16.3. The molecule has 2 heteroatoms. The summed E-state index contributed by atoms with van der Waals surface area (Å²) in [4.78, 5) is 0. The summed E-state index contributed by atoms with van der Waals surface area (Å²) in [6, 6.07) is 6.89. The first kappa shape index (κ1) is 14.3. The van der Waals surface area contributed by atoms with Crippen LogP contribution in [-0.2, 0) is 11.8 Å². The molecule has 0 amide bonds. The number of benzene rings is 1. The maximum atomic E-state index is 10.0. The van der Waals surface area contributed by atoms with Gasteiger partial charge in [-0.1, -0.05) is 25.5 Å². The second-order valence-electron chi connectivity index (χ2n) is 8.05. The number of hydrogen-bond acceptors (Lipinski definition) is 1. The van der Waals surface area contributed by atoms with Gasteiger partial charge in [0.2, 0.25) is 0 Å². The summed E-state index contributed by atoms with van der Waals surface area (Å²) in [7, 11) is 2.44. The van der Waals surface area contributed by atoms with Crippen LogP contribution in [0, 0.1) is 5.92 Å². The Hall–Kier alpha value is -1.28. The van der Waals surface area contributed by atoms with Crippen molar-refractivity contribution < 1.29 is 9.59 Å². The fourth-order valence-corrected chi connectivity index (χ4v) is 5.98. The summed E-state index contributed by atoms with van der Waals surface area (Å²) in [6.45, 7) is 6.36. The number of quaternary nitrogens is 1. The molecule has 0 aromatic heterocycles. The Balaban J connectivity index is 1.87. The molecule has 0 radical (unpaired) electrons. The zero-order valence-corrected chi connectivity index (χ0v) is 13.7. The van der Waals surface area contributed by atoms with E-state index >= 15 is 0 Å². The first-order valence-electron chi connectivity index (χ1n) is 8.87. The molecule has 1 saturated carbocycles. The second kappa shape index (κ2) is 4.86. The minimum absolute atomic E-state index is 0.341. The highest BCUT2D eigenvalue weighted by Gasteiger charge is 2.58. The number of likely N-dealkylation sites (N-methyl/N-ethyl adjacent to an activating group) is 1. The highest BCUT2D eigenvalue weighted by Crippen LogP contribution is 2.57. The molecule has 2 aliphatic carbocycles. The molecule has 1 aromatic carbocycles. The Labute approximate surface area is 134 Å². The van der Waals surface area contributed by atoms with Gasteiger partial charge >= 0.3 is 0 Å². The van der Waals surface area contributed by atoms with Crippen LogP contribution in [0.3, 0.4) is 0 Å². The molecule has 2 bridgehead atoms. The lowest BCUT2D eigenvalue weighted by atomic mass is 9.52. The minimum atomic E-state index is 0.341. The van der Waals surface area contributed by atoms with Crippen LogP contribution in [0.2, 0.25) is 0 Å². The van der Waals surface area contributed by atoms with Gasteiger partial charge in [0.15, 0.2) is 0 Å². The first-order chi connectivity index (χ1) is 10.6. The van der Waals surface area contributed by atoms with Gasteiger partial charge in [-0.05, 0) is 42.2 Å². The molecule has 118 valence electrons. The lowest BCUT2D eigenvalue weighted by molar-refractivity contribution is -0.940. The van der Waals surface area contributed by atoms with Crippen molar-refractivity contribution in [1.29, 1.82) is 0 Å². The smallest absolute Gasteiger partial charge is 0.115 e. The van der Waals surface area contributed by atoms with Crippen LogP contribution in [0.4, 0.5) is 0 Å². The number of phenolic OH excluding ortho intramolecular Hbond substituents is 1. The molecular formula is C20H28NO+. The van der Waals surface area contributed by atoms with Crippen LogP contribution in [0.25, 0.3) is 0 Å². The Morgan fingerprint density at radius 2 is 2.23 bits per heavy atom. The standard InChI is InChI=1S/C20H27NO/c1-3-11-21(2)12-10-20-9-5-4-6-17(20)19(21)13-15-7-8-16(22)14-18(15)20/h3,7-8,14,17,19H,1,4-6,9-13H2,2H3/p+1/t17?,19?,20-,21+/m0/s1. The molecule has 4 rings (SSSR count). The van der Waals surface area contributed by atoms with Crippen molar-refractivity contribution in [3.63, 3.8) is 0 Å². The number of piperidine rings is 1. The molecule has 4 atom stereocenters. The molecule has 1 N–H and O–H groups in total. The van der Waals surface area contributed by atoms with E-state index in [4.69, 9.17) is 0 Å². The topological polar surface area (TPSA) is 20.2 Å². The molecule has 1 aromatic rings. The van der Waals surface area contributed by atoms with E-state index in [2.05, 4.69) is 31.8 Å². The molecule has 2 nitrogen and oxygen atoms in total. The summed E-state index contributed by atoms with van der Waals surface area (Å²) in [5.41, 5.74) is 3.32. The van der Waals surface area contributed by atoms with Crippen LogP contribution < -0.4 is 0 Å². The summed E-state index contributed by atoms with van der Waals surface area (Å²) >= 11 is 0. The summed E-state index contributed by atoms with van der Waals surface area (Å²) in [5, 5.41) is 10.0. The first-order valence-corrected chi connectivity index (χ1v) is 8.87. The molecule has 0 spiro atoms. The van der Waals surface area contributed by atoms with Crippen molar-refractivity contribution in [1.82, 2.24) is 0 Å². The number of hydrogen-bond donors (Lipinski definition) is 1. The van der Waals surface area contributed by atoms with E-state index < -0.39 is 0 Å². The number of likely N-dealkylation sites (tertiary alicyclic amines) is 1. The fourth-order valence-electron chi connectivity index (χ4n) is 5.98.